The minimum Gasteiger partial charge on any atom is -0.480 e. The van der Waals surface area contributed by atoms with Crippen molar-refractivity contribution in [3.05, 3.63) is 16.1 Å². The fourth-order valence-corrected chi connectivity index (χ4v) is 2.08. The van der Waals surface area contributed by atoms with Gasteiger partial charge in [-0.2, -0.15) is 0 Å². The largest absolute Gasteiger partial charge is 0.480 e. The van der Waals surface area contributed by atoms with E-state index in [1.165, 1.54) is 11.3 Å². The molecule has 7 heteroatoms. The van der Waals surface area contributed by atoms with Gasteiger partial charge in [0.15, 0.2) is 0 Å². The van der Waals surface area contributed by atoms with Crippen molar-refractivity contribution in [1.29, 1.82) is 0 Å². The molecular formula is C11H17N3O3S. The maximum atomic E-state index is 11.6. The summed E-state index contributed by atoms with van der Waals surface area (Å²) in [4.78, 5) is 27.5. The highest BCUT2D eigenvalue weighted by Crippen LogP contribution is 2.11. The van der Waals surface area contributed by atoms with Gasteiger partial charge in [-0.25, -0.2) is 14.6 Å². The van der Waals surface area contributed by atoms with Crippen LogP contribution in [-0.2, 0) is 11.3 Å². The number of aliphatic carboxylic acids is 1. The summed E-state index contributed by atoms with van der Waals surface area (Å²) in [6.45, 7) is 5.70. The summed E-state index contributed by atoms with van der Waals surface area (Å²) in [5.74, 6) is -1.20. The minimum atomic E-state index is -1.03. The van der Waals surface area contributed by atoms with E-state index in [2.05, 4.69) is 15.6 Å². The van der Waals surface area contributed by atoms with Crippen LogP contribution in [0.3, 0.4) is 0 Å². The van der Waals surface area contributed by atoms with Gasteiger partial charge in [-0.05, 0) is 12.8 Å². The Morgan fingerprint density at radius 1 is 1.50 bits per heavy atom. The van der Waals surface area contributed by atoms with Gasteiger partial charge in [-0.15, -0.1) is 11.3 Å². The maximum Gasteiger partial charge on any atom is 0.326 e. The van der Waals surface area contributed by atoms with E-state index in [9.17, 15) is 9.59 Å². The van der Waals surface area contributed by atoms with Crippen LogP contribution >= 0.6 is 11.3 Å². The summed E-state index contributed by atoms with van der Waals surface area (Å²) in [6, 6.07) is -1.36. The average molecular weight is 271 g/mol. The second-order valence-electron chi connectivity index (χ2n) is 4.25. The Morgan fingerprint density at radius 2 is 2.17 bits per heavy atom. The van der Waals surface area contributed by atoms with Crippen molar-refractivity contribution in [2.75, 3.05) is 0 Å². The Bertz CT molecular complexity index is 431. The number of thiazole rings is 1. The molecule has 0 aromatic carbocycles. The molecule has 0 radical (unpaired) electrons. The number of rotatable bonds is 5. The standard InChI is InChI=1S/C11H17N3O3S/c1-6(2)9(10(15)16)14-11(17)12-4-8-7(3)13-5-18-8/h5-6,9H,4H2,1-3H3,(H,15,16)(H2,12,14,17). The first-order chi connectivity index (χ1) is 8.41. The van der Waals surface area contributed by atoms with Gasteiger partial charge in [0.25, 0.3) is 0 Å². The SMILES string of the molecule is Cc1ncsc1CNC(=O)NC(C(=O)O)C(C)C. The average Bonchev–Trinajstić information content (AvgIpc) is 2.68. The highest BCUT2D eigenvalue weighted by atomic mass is 32.1. The summed E-state index contributed by atoms with van der Waals surface area (Å²) in [5, 5.41) is 14.0. The van der Waals surface area contributed by atoms with Crippen LogP contribution < -0.4 is 10.6 Å². The lowest BCUT2D eigenvalue weighted by atomic mass is 10.1. The number of aryl methyl sites for hydroxylation is 1. The van der Waals surface area contributed by atoms with Gasteiger partial charge in [0.05, 0.1) is 17.7 Å². The molecule has 0 fully saturated rings. The molecule has 0 aliphatic carbocycles. The first kappa shape index (κ1) is 14.4. The topological polar surface area (TPSA) is 91.3 Å². The summed E-state index contributed by atoms with van der Waals surface area (Å²) in [7, 11) is 0. The number of carboxylic acid groups (broad SMARTS) is 1. The van der Waals surface area contributed by atoms with E-state index >= 15 is 0 Å². The van der Waals surface area contributed by atoms with Crippen molar-refractivity contribution in [3.63, 3.8) is 0 Å². The molecular weight excluding hydrogens is 254 g/mol. The number of hydrogen-bond acceptors (Lipinski definition) is 4. The number of nitrogens with zero attached hydrogens (tertiary/aromatic N) is 1. The maximum absolute atomic E-state index is 11.6. The third kappa shape index (κ3) is 3.99. The Labute approximate surface area is 109 Å². The number of amides is 2. The van der Waals surface area contributed by atoms with Crippen LogP contribution in [0.5, 0.6) is 0 Å². The number of urea groups is 1. The zero-order valence-corrected chi connectivity index (χ0v) is 11.4. The summed E-state index contributed by atoms with van der Waals surface area (Å²) in [6.07, 6.45) is 0. The Morgan fingerprint density at radius 3 is 2.61 bits per heavy atom. The van der Waals surface area contributed by atoms with Crippen LogP contribution in [0.25, 0.3) is 0 Å². The number of carbonyl (C=O) groups is 2. The third-order valence-corrected chi connectivity index (χ3v) is 3.41. The van der Waals surface area contributed by atoms with E-state index in [0.717, 1.165) is 10.6 Å². The molecule has 0 aliphatic rings. The van der Waals surface area contributed by atoms with E-state index in [1.807, 2.05) is 6.92 Å². The molecule has 1 aromatic rings. The Balaban J connectivity index is 2.46. The second kappa shape index (κ2) is 6.34. The lowest BCUT2D eigenvalue weighted by Gasteiger charge is -2.18. The number of carbonyl (C=O) groups excluding carboxylic acids is 1. The highest BCUT2D eigenvalue weighted by Gasteiger charge is 2.23. The van der Waals surface area contributed by atoms with Gasteiger partial charge < -0.3 is 15.7 Å². The predicted molar refractivity (Wildman–Crippen MR) is 68.5 cm³/mol. The van der Waals surface area contributed by atoms with Crippen LogP contribution in [-0.4, -0.2) is 28.1 Å². The van der Waals surface area contributed by atoms with Crippen molar-refractivity contribution in [2.45, 2.75) is 33.4 Å². The number of carboxylic acids is 1. The van der Waals surface area contributed by atoms with E-state index < -0.39 is 18.0 Å². The second-order valence-corrected chi connectivity index (χ2v) is 5.19. The smallest absolute Gasteiger partial charge is 0.326 e. The molecule has 100 valence electrons. The molecule has 1 unspecified atom stereocenters. The van der Waals surface area contributed by atoms with Crippen molar-refractivity contribution in [3.8, 4) is 0 Å². The number of aromatic nitrogens is 1. The highest BCUT2D eigenvalue weighted by molar-refractivity contribution is 7.09. The summed E-state index contributed by atoms with van der Waals surface area (Å²) < 4.78 is 0. The molecule has 1 rings (SSSR count). The predicted octanol–water partition coefficient (Wildman–Crippen LogP) is 1.36. The molecule has 18 heavy (non-hydrogen) atoms. The van der Waals surface area contributed by atoms with Gasteiger partial charge in [0, 0.05) is 4.88 Å². The van der Waals surface area contributed by atoms with Gasteiger partial charge in [-0.1, -0.05) is 13.8 Å². The first-order valence-corrected chi connectivity index (χ1v) is 6.46. The van der Waals surface area contributed by atoms with Gasteiger partial charge in [-0.3, -0.25) is 0 Å². The van der Waals surface area contributed by atoms with Gasteiger partial charge in [0.2, 0.25) is 0 Å². The van der Waals surface area contributed by atoms with E-state index in [4.69, 9.17) is 5.11 Å². The minimum absolute atomic E-state index is 0.168. The molecule has 0 spiro atoms. The van der Waals surface area contributed by atoms with Crippen molar-refractivity contribution in [1.82, 2.24) is 15.6 Å². The van der Waals surface area contributed by atoms with Crippen LogP contribution in [0, 0.1) is 12.8 Å². The molecule has 1 aromatic heterocycles. The molecule has 1 atom stereocenters. The van der Waals surface area contributed by atoms with E-state index in [1.54, 1.807) is 19.4 Å². The molecule has 2 amide bonds. The Kier molecular flexibility index (Phi) is 5.08. The third-order valence-electron chi connectivity index (χ3n) is 2.47. The molecule has 0 saturated carbocycles. The van der Waals surface area contributed by atoms with Crippen molar-refractivity contribution in [2.24, 2.45) is 5.92 Å². The summed E-state index contributed by atoms with van der Waals surface area (Å²) in [5.41, 5.74) is 2.58. The lowest BCUT2D eigenvalue weighted by molar-refractivity contribution is -0.140. The van der Waals surface area contributed by atoms with Crippen LogP contribution in [0.4, 0.5) is 4.79 Å². The van der Waals surface area contributed by atoms with Crippen molar-refractivity contribution < 1.29 is 14.7 Å². The molecule has 6 nitrogen and oxygen atoms in total. The number of hydrogen-bond donors (Lipinski definition) is 3. The quantitative estimate of drug-likeness (QED) is 0.754. The van der Waals surface area contributed by atoms with Gasteiger partial charge in [0.1, 0.15) is 6.04 Å². The Hall–Kier alpha value is -1.63. The fraction of sp³-hybridized carbons (Fsp3) is 0.545. The van der Waals surface area contributed by atoms with Crippen molar-refractivity contribution >= 4 is 23.3 Å². The molecule has 0 saturated heterocycles. The van der Waals surface area contributed by atoms with Crippen LogP contribution in [0.15, 0.2) is 5.51 Å². The first-order valence-electron chi connectivity index (χ1n) is 5.58. The van der Waals surface area contributed by atoms with Crippen LogP contribution in [0.2, 0.25) is 0 Å². The van der Waals surface area contributed by atoms with E-state index in [-0.39, 0.29) is 5.92 Å². The number of nitrogens with one attached hydrogen (secondary N) is 2. The molecule has 1 heterocycles. The monoisotopic (exact) mass is 271 g/mol. The molecule has 0 bridgehead atoms. The molecule has 3 N–H and O–H groups in total. The van der Waals surface area contributed by atoms with Crippen LogP contribution in [0.1, 0.15) is 24.4 Å². The van der Waals surface area contributed by atoms with Gasteiger partial charge >= 0.3 is 12.0 Å². The summed E-state index contributed by atoms with van der Waals surface area (Å²) >= 11 is 1.45. The van der Waals surface area contributed by atoms with E-state index in [0.29, 0.717) is 6.54 Å². The lowest BCUT2D eigenvalue weighted by Crippen LogP contribution is -2.48. The zero-order chi connectivity index (χ0) is 13.7. The molecule has 0 aliphatic heterocycles. The zero-order valence-electron chi connectivity index (χ0n) is 10.6. The normalized spacial score (nSPS) is 12.2. The fourth-order valence-electron chi connectivity index (χ4n) is 1.36.